The molecule has 104 valence electrons. The second-order valence-electron chi connectivity index (χ2n) is 4.56. The quantitative estimate of drug-likeness (QED) is 0.876. The zero-order chi connectivity index (χ0) is 14.4. The fraction of sp³-hybridized carbons (Fsp3) is 0.267. The zero-order valence-corrected chi connectivity index (χ0v) is 11.7. The maximum absolute atomic E-state index is 12.0. The molecule has 0 saturated carbocycles. The van der Waals surface area contributed by atoms with Crippen molar-refractivity contribution in [1.29, 1.82) is 0 Å². The van der Waals surface area contributed by atoms with Gasteiger partial charge >= 0.3 is 0 Å². The molecule has 20 heavy (non-hydrogen) atoms. The van der Waals surface area contributed by atoms with Gasteiger partial charge in [0.1, 0.15) is 5.69 Å². The Morgan fingerprint density at radius 3 is 2.70 bits per heavy atom. The van der Waals surface area contributed by atoms with Gasteiger partial charge in [-0.15, -0.1) is 0 Å². The second-order valence-corrected chi connectivity index (χ2v) is 4.56. The molecule has 0 atom stereocenters. The van der Waals surface area contributed by atoms with Crippen molar-refractivity contribution >= 4 is 17.3 Å². The predicted molar refractivity (Wildman–Crippen MR) is 79.9 cm³/mol. The number of nitrogens with one attached hydrogen (secondary N) is 2. The molecule has 2 N–H and O–H groups in total. The van der Waals surface area contributed by atoms with Crippen LogP contribution in [-0.4, -0.2) is 22.4 Å². The van der Waals surface area contributed by atoms with E-state index in [1.54, 1.807) is 24.7 Å². The van der Waals surface area contributed by atoms with E-state index in [1.165, 1.54) is 0 Å². The second kappa shape index (κ2) is 6.65. The third kappa shape index (κ3) is 3.78. The highest BCUT2D eigenvalue weighted by molar-refractivity contribution is 6.02. The Hall–Kier alpha value is -2.43. The average molecular weight is 270 g/mol. The number of anilines is 2. The van der Waals surface area contributed by atoms with E-state index in [4.69, 9.17) is 0 Å². The lowest BCUT2D eigenvalue weighted by molar-refractivity contribution is 0.102. The van der Waals surface area contributed by atoms with Crippen LogP contribution in [0.15, 0.2) is 36.8 Å². The molecule has 2 aromatic rings. The van der Waals surface area contributed by atoms with E-state index >= 15 is 0 Å². The summed E-state index contributed by atoms with van der Waals surface area (Å²) in [6.07, 6.45) is 6.06. The number of carbonyl (C=O) groups excluding carboxylic acids is 1. The largest absolute Gasteiger partial charge is 0.384 e. The standard InChI is InChI=1S/C15H18N4O/c1-3-6-17-12-4-5-14(18-10-12)15(20)19-13-7-11(2)8-16-9-13/h4-5,7-10,17H,3,6H2,1-2H3,(H,19,20). The predicted octanol–water partition coefficient (Wildman–Crippen LogP) is 2.86. The van der Waals surface area contributed by atoms with E-state index < -0.39 is 0 Å². The minimum absolute atomic E-state index is 0.237. The molecule has 0 bridgehead atoms. The van der Waals surface area contributed by atoms with E-state index in [9.17, 15) is 4.79 Å². The maximum atomic E-state index is 12.0. The smallest absolute Gasteiger partial charge is 0.274 e. The number of rotatable bonds is 5. The summed E-state index contributed by atoms with van der Waals surface area (Å²) in [5, 5.41) is 5.99. The van der Waals surface area contributed by atoms with Crippen molar-refractivity contribution < 1.29 is 4.79 Å². The van der Waals surface area contributed by atoms with E-state index in [0.29, 0.717) is 11.4 Å². The van der Waals surface area contributed by atoms with Gasteiger partial charge in [-0.1, -0.05) is 6.92 Å². The van der Waals surface area contributed by atoms with Gasteiger partial charge in [0.25, 0.3) is 5.91 Å². The van der Waals surface area contributed by atoms with Gasteiger partial charge in [0.15, 0.2) is 0 Å². The minimum atomic E-state index is -0.237. The van der Waals surface area contributed by atoms with Crippen LogP contribution >= 0.6 is 0 Å². The highest BCUT2D eigenvalue weighted by atomic mass is 16.1. The molecule has 0 unspecified atom stereocenters. The highest BCUT2D eigenvalue weighted by Gasteiger charge is 2.07. The summed E-state index contributed by atoms with van der Waals surface area (Å²) in [7, 11) is 0. The minimum Gasteiger partial charge on any atom is -0.384 e. The molecule has 5 nitrogen and oxygen atoms in total. The SMILES string of the molecule is CCCNc1ccc(C(=O)Nc2cncc(C)c2)nc1. The fourth-order valence-corrected chi connectivity index (χ4v) is 1.72. The van der Waals surface area contributed by atoms with Gasteiger partial charge in [0.05, 0.1) is 23.8 Å². The molecular weight excluding hydrogens is 252 g/mol. The lowest BCUT2D eigenvalue weighted by Gasteiger charge is -2.07. The summed E-state index contributed by atoms with van der Waals surface area (Å²) in [6.45, 7) is 4.91. The Morgan fingerprint density at radius 2 is 2.05 bits per heavy atom. The molecule has 0 aromatic carbocycles. The first-order chi connectivity index (χ1) is 9.69. The number of carbonyl (C=O) groups is 1. The Kier molecular flexibility index (Phi) is 4.65. The molecule has 0 saturated heterocycles. The summed E-state index contributed by atoms with van der Waals surface area (Å²) in [4.78, 5) is 20.2. The molecular formula is C15H18N4O. The number of aromatic nitrogens is 2. The Bertz CT molecular complexity index is 581. The van der Waals surface area contributed by atoms with E-state index in [1.807, 2.05) is 19.1 Å². The van der Waals surface area contributed by atoms with Crippen LogP contribution in [0.5, 0.6) is 0 Å². The van der Waals surface area contributed by atoms with Crippen LogP contribution in [0.3, 0.4) is 0 Å². The molecule has 0 fully saturated rings. The van der Waals surface area contributed by atoms with Crippen LogP contribution in [0.25, 0.3) is 0 Å². The van der Waals surface area contributed by atoms with Gasteiger partial charge < -0.3 is 10.6 Å². The molecule has 0 radical (unpaired) electrons. The van der Waals surface area contributed by atoms with E-state index in [2.05, 4.69) is 27.5 Å². The summed E-state index contributed by atoms with van der Waals surface area (Å²) in [5.74, 6) is -0.237. The van der Waals surface area contributed by atoms with Crippen molar-refractivity contribution in [2.75, 3.05) is 17.2 Å². The summed E-state index contributed by atoms with van der Waals surface area (Å²) in [6, 6.07) is 5.42. The lowest BCUT2D eigenvalue weighted by Crippen LogP contribution is -2.14. The Labute approximate surface area is 118 Å². The van der Waals surface area contributed by atoms with Crippen LogP contribution in [0.2, 0.25) is 0 Å². The van der Waals surface area contributed by atoms with Crippen molar-refractivity contribution in [3.63, 3.8) is 0 Å². The first kappa shape index (κ1) is 14.0. The van der Waals surface area contributed by atoms with Crippen molar-refractivity contribution in [2.45, 2.75) is 20.3 Å². The molecule has 0 aliphatic rings. The summed E-state index contributed by atoms with van der Waals surface area (Å²) in [5.41, 5.74) is 2.97. The van der Waals surface area contributed by atoms with E-state index in [-0.39, 0.29) is 5.91 Å². The number of hydrogen-bond donors (Lipinski definition) is 2. The van der Waals surface area contributed by atoms with Gasteiger partial charge in [0, 0.05) is 12.7 Å². The highest BCUT2D eigenvalue weighted by Crippen LogP contribution is 2.10. The Balaban J connectivity index is 2.02. The van der Waals surface area contributed by atoms with Gasteiger partial charge in [0.2, 0.25) is 0 Å². The monoisotopic (exact) mass is 270 g/mol. The van der Waals surface area contributed by atoms with Crippen molar-refractivity contribution in [1.82, 2.24) is 9.97 Å². The van der Waals surface area contributed by atoms with Crippen molar-refractivity contribution in [2.24, 2.45) is 0 Å². The third-order valence-electron chi connectivity index (χ3n) is 2.71. The van der Waals surface area contributed by atoms with Crippen LogP contribution in [0.4, 0.5) is 11.4 Å². The average Bonchev–Trinajstić information content (AvgIpc) is 2.45. The van der Waals surface area contributed by atoms with Crippen LogP contribution in [0, 0.1) is 6.92 Å². The van der Waals surface area contributed by atoms with Gasteiger partial charge in [-0.2, -0.15) is 0 Å². The molecule has 0 aliphatic carbocycles. The van der Waals surface area contributed by atoms with Gasteiger partial charge in [-0.25, -0.2) is 4.98 Å². The molecule has 0 aliphatic heterocycles. The number of pyridine rings is 2. The van der Waals surface area contributed by atoms with Gasteiger partial charge in [-0.05, 0) is 37.1 Å². The van der Waals surface area contributed by atoms with Gasteiger partial charge in [-0.3, -0.25) is 9.78 Å². The molecule has 2 aromatic heterocycles. The van der Waals surface area contributed by atoms with Crippen molar-refractivity contribution in [3.05, 3.63) is 48.0 Å². The third-order valence-corrected chi connectivity index (χ3v) is 2.71. The van der Waals surface area contributed by atoms with Crippen LogP contribution in [-0.2, 0) is 0 Å². The number of aryl methyl sites for hydroxylation is 1. The molecule has 2 heterocycles. The molecule has 2 rings (SSSR count). The summed E-state index contributed by atoms with van der Waals surface area (Å²) < 4.78 is 0. The summed E-state index contributed by atoms with van der Waals surface area (Å²) >= 11 is 0. The molecule has 5 heteroatoms. The normalized spacial score (nSPS) is 10.1. The first-order valence-corrected chi connectivity index (χ1v) is 6.62. The number of hydrogen-bond acceptors (Lipinski definition) is 4. The Morgan fingerprint density at radius 1 is 1.20 bits per heavy atom. The maximum Gasteiger partial charge on any atom is 0.274 e. The number of amides is 1. The van der Waals surface area contributed by atoms with Crippen molar-refractivity contribution in [3.8, 4) is 0 Å². The fourth-order valence-electron chi connectivity index (χ4n) is 1.72. The topological polar surface area (TPSA) is 66.9 Å². The lowest BCUT2D eigenvalue weighted by atomic mass is 10.2. The van der Waals surface area contributed by atoms with Crippen LogP contribution < -0.4 is 10.6 Å². The van der Waals surface area contributed by atoms with Crippen LogP contribution in [0.1, 0.15) is 29.4 Å². The molecule has 0 spiro atoms. The first-order valence-electron chi connectivity index (χ1n) is 6.62. The van der Waals surface area contributed by atoms with E-state index in [0.717, 1.165) is 24.2 Å². The molecule has 1 amide bonds. The number of nitrogens with zero attached hydrogens (tertiary/aromatic N) is 2. The zero-order valence-electron chi connectivity index (χ0n) is 11.7.